The Morgan fingerprint density at radius 1 is 1.47 bits per heavy atom. The summed E-state index contributed by atoms with van der Waals surface area (Å²) in [4.78, 5) is 25.3. The SMILES string of the molecule is C=CCCC[C@@]1(C=O)CCCN1C(=O)OC(C)(C)C. The summed E-state index contributed by atoms with van der Waals surface area (Å²) < 4.78 is 5.39. The lowest BCUT2D eigenvalue weighted by Crippen LogP contribution is -2.50. The summed E-state index contributed by atoms with van der Waals surface area (Å²) in [7, 11) is 0. The Kier molecular flexibility index (Phi) is 5.15. The van der Waals surface area contributed by atoms with Crippen LogP contribution in [0.25, 0.3) is 0 Å². The van der Waals surface area contributed by atoms with Crippen molar-refractivity contribution in [1.29, 1.82) is 0 Å². The van der Waals surface area contributed by atoms with Gasteiger partial charge in [-0.05, 0) is 52.9 Å². The number of ether oxygens (including phenoxy) is 1. The lowest BCUT2D eigenvalue weighted by Gasteiger charge is -2.35. The Morgan fingerprint density at radius 3 is 2.68 bits per heavy atom. The molecule has 4 nitrogen and oxygen atoms in total. The molecule has 0 bridgehead atoms. The Morgan fingerprint density at radius 2 is 2.16 bits per heavy atom. The molecular weight excluding hydrogens is 242 g/mol. The van der Waals surface area contributed by atoms with E-state index >= 15 is 0 Å². The predicted molar refractivity (Wildman–Crippen MR) is 75.0 cm³/mol. The number of unbranched alkanes of at least 4 members (excludes halogenated alkanes) is 1. The van der Waals surface area contributed by atoms with Crippen LogP contribution in [-0.2, 0) is 9.53 Å². The van der Waals surface area contributed by atoms with Gasteiger partial charge in [-0.2, -0.15) is 0 Å². The molecular formula is C15H25NO3. The second kappa shape index (κ2) is 6.22. The number of nitrogens with zero attached hydrogens (tertiary/aromatic N) is 1. The van der Waals surface area contributed by atoms with Gasteiger partial charge in [-0.15, -0.1) is 6.58 Å². The van der Waals surface area contributed by atoms with E-state index in [4.69, 9.17) is 4.74 Å². The lowest BCUT2D eigenvalue weighted by atomic mass is 9.91. The van der Waals surface area contributed by atoms with E-state index < -0.39 is 11.1 Å². The maximum absolute atomic E-state index is 12.2. The van der Waals surface area contributed by atoms with Crippen molar-refractivity contribution in [2.24, 2.45) is 0 Å². The highest BCUT2D eigenvalue weighted by Gasteiger charge is 2.44. The van der Waals surface area contributed by atoms with Crippen LogP contribution in [0.1, 0.15) is 52.9 Å². The van der Waals surface area contributed by atoms with E-state index in [2.05, 4.69) is 6.58 Å². The number of hydrogen-bond acceptors (Lipinski definition) is 3. The summed E-state index contributed by atoms with van der Waals surface area (Å²) in [6.07, 6.45) is 6.37. The van der Waals surface area contributed by atoms with Crippen LogP contribution in [0, 0.1) is 0 Å². The third-order valence-corrected chi connectivity index (χ3v) is 3.38. The molecule has 1 heterocycles. The first-order chi connectivity index (χ1) is 8.84. The van der Waals surface area contributed by atoms with E-state index in [1.165, 1.54) is 0 Å². The zero-order valence-corrected chi connectivity index (χ0v) is 12.3. The molecule has 0 unspecified atom stereocenters. The van der Waals surface area contributed by atoms with E-state index in [0.717, 1.165) is 32.0 Å². The third-order valence-electron chi connectivity index (χ3n) is 3.38. The fraction of sp³-hybridized carbons (Fsp3) is 0.733. The first-order valence-electron chi connectivity index (χ1n) is 6.92. The molecule has 0 saturated carbocycles. The molecule has 19 heavy (non-hydrogen) atoms. The van der Waals surface area contributed by atoms with E-state index in [0.29, 0.717) is 13.0 Å². The highest BCUT2D eigenvalue weighted by molar-refractivity contribution is 5.77. The largest absolute Gasteiger partial charge is 0.444 e. The molecule has 0 spiro atoms. The first-order valence-corrected chi connectivity index (χ1v) is 6.92. The summed E-state index contributed by atoms with van der Waals surface area (Å²) in [5.74, 6) is 0. The van der Waals surface area contributed by atoms with Gasteiger partial charge in [-0.25, -0.2) is 4.79 Å². The Hall–Kier alpha value is -1.32. The Labute approximate surface area is 115 Å². The van der Waals surface area contributed by atoms with Crippen molar-refractivity contribution < 1.29 is 14.3 Å². The fourth-order valence-electron chi connectivity index (χ4n) is 2.48. The standard InChI is InChI=1S/C15H25NO3/c1-5-6-7-9-15(12-17)10-8-11-16(15)13(18)19-14(2,3)4/h5,12H,1,6-11H2,2-4H3/t15-/m0/s1. The van der Waals surface area contributed by atoms with Gasteiger partial charge in [0.1, 0.15) is 17.4 Å². The van der Waals surface area contributed by atoms with E-state index in [1.54, 1.807) is 4.90 Å². The van der Waals surface area contributed by atoms with Gasteiger partial charge in [0.05, 0.1) is 0 Å². The van der Waals surface area contributed by atoms with Gasteiger partial charge in [0.15, 0.2) is 0 Å². The number of rotatable bonds is 5. The second-order valence-corrected chi connectivity index (χ2v) is 6.14. The third kappa shape index (κ3) is 4.08. The molecule has 1 aliphatic rings. The van der Waals surface area contributed by atoms with Crippen LogP contribution in [0.4, 0.5) is 4.79 Å². The number of amides is 1. The van der Waals surface area contributed by atoms with E-state index in [1.807, 2.05) is 26.8 Å². The zero-order chi connectivity index (χ0) is 14.5. The minimum atomic E-state index is -0.675. The Balaban J connectivity index is 2.76. The van der Waals surface area contributed by atoms with Gasteiger partial charge in [0.2, 0.25) is 0 Å². The summed E-state index contributed by atoms with van der Waals surface area (Å²) >= 11 is 0. The quantitative estimate of drug-likeness (QED) is 0.436. The maximum atomic E-state index is 12.2. The Bertz CT molecular complexity index is 346. The van der Waals surface area contributed by atoms with Crippen molar-refractivity contribution in [2.45, 2.75) is 64.0 Å². The summed E-state index contributed by atoms with van der Waals surface area (Å²) in [6.45, 7) is 9.79. The number of carbonyl (C=O) groups is 2. The second-order valence-electron chi connectivity index (χ2n) is 6.14. The molecule has 0 aromatic heterocycles. The molecule has 1 fully saturated rings. The van der Waals surface area contributed by atoms with Gasteiger partial charge in [0, 0.05) is 6.54 Å². The number of allylic oxidation sites excluding steroid dienone is 1. The van der Waals surface area contributed by atoms with Crippen LogP contribution in [0.2, 0.25) is 0 Å². The zero-order valence-electron chi connectivity index (χ0n) is 12.3. The van der Waals surface area contributed by atoms with E-state index in [-0.39, 0.29) is 6.09 Å². The fourth-order valence-corrected chi connectivity index (χ4v) is 2.48. The van der Waals surface area contributed by atoms with E-state index in [9.17, 15) is 9.59 Å². The predicted octanol–water partition coefficient (Wildman–Crippen LogP) is 3.31. The van der Waals surface area contributed by atoms with Crippen LogP contribution in [0.15, 0.2) is 12.7 Å². The molecule has 108 valence electrons. The molecule has 0 radical (unpaired) electrons. The highest BCUT2D eigenvalue weighted by atomic mass is 16.6. The van der Waals surface area contributed by atoms with Crippen LogP contribution in [0.5, 0.6) is 0 Å². The molecule has 1 aliphatic heterocycles. The molecule has 0 aliphatic carbocycles. The van der Waals surface area contributed by atoms with Gasteiger partial charge < -0.3 is 9.53 Å². The maximum Gasteiger partial charge on any atom is 0.411 e. The first kappa shape index (κ1) is 15.7. The smallest absolute Gasteiger partial charge is 0.411 e. The summed E-state index contributed by atoms with van der Waals surface area (Å²) in [5, 5.41) is 0. The van der Waals surface area contributed by atoms with Gasteiger partial charge in [-0.3, -0.25) is 4.90 Å². The van der Waals surface area contributed by atoms with Crippen molar-refractivity contribution in [3.05, 3.63) is 12.7 Å². The minimum Gasteiger partial charge on any atom is -0.444 e. The van der Waals surface area contributed by atoms with Crippen LogP contribution in [-0.4, -0.2) is 35.0 Å². The van der Waals surface area contributed by atoms with Crippen LogP contribution >= 0.6 is 0 Å². The average Bonchev–Trinajstić information content (AvgIpc) is 2.72. The normalized spacial score (nSPS) is 23.2. The number of hydrogen-bond donors (Lipinski definition) is 0. The molecule has 1 rings (SSSR count). The molecule has 1 saturated heterocycles. The number of aldehydes is 1. The molecule has 1 amide bonds. The molecule has 0 aromatic carbocycles. The molecule has 0 N–H and O–H groups in total. The van der Waals surface area contributed by atoms with Crippen molar-refractivity contribution in [3.8, 4) is 0 Å². The van der Waals surface area contributed by atoms with Crippen molar-refractivity contribution in [2.75, 3.05) is 6.54 Å². The highest BCUT2D eigenvalue weighted by Crippen LogP contribution is 2.33. The van der Waals surface area contributed by atoms with Crippen LogP contribution < -0.4 is 0 Å². The lowest BCUT2D eigenvalue weighted by molar-refractivity contribution is -0.117. The average molecular weight is 267 g/mol. The van der Waals surface area contributed by atoms with Crippen molar-refractivity contribution in [1.82, 2.24) is 4.90 Å². The van der Waals surface area contributed by atoms with Gasteiger partial charge in [0.25, 0.3) is 0 Å². The summed E-state index contributed by atoms with van der Waals surface area (Å²) in [5.41, 5.74) is -1.21. The number of likely N-dealkylation sites (tertiary alicyclic amines) is 1. The van der Waals surface area contributed by atoms with Gasteiger partial charge in [-0.1, -0.05) is 6.08 Å². The topological polar surface area (TPSA) is 46.6 Å². The molecule has 0 aromatic rings. The molecule has 4 heteroatoms. The van der Waals surface area contributed by atoms with Crippen molar-refractivity contribution in [3.63, 3.8) is 0 Å². The minimum absolute atomic E-state index is 0.379. The molecule has 1 atom stereocenters. The summed E-state index contributed by atoms with van der Waals surface area (Å²) in [6, 6.07) is 0. The van der Waals surface area contributed by atoms with Crippen LogP contribution in [0.3, 0.4) is 0 Å². The monoisotopic (exact) mass is 267 g/mol. The number of carbonyl (C=O) groups excluding carboxylic acids is 2. The van der Waals surface area contributed by atoms with Crippen molar-refractivity contribution >= 4 is 12.4 Å². The van der Waals surface area contributed by atoms with Gasteiger partial charge >= 0.3 is 6.09 Å².